The van der Waals surface area contributed by atoms with E-state index in [2.05, 4.69) is 15.5 Å². The van der Waals surface area contributed by atoms with Gasteiger partial charge in [-0.2, -0.15) is 0 Å². The monoisotopic (exact) mass is 558 g/mol. The Morgan fingerprint density at radius 3 is 2.47 bits per heavy atom. The maximum Gasteiger partial charge on any atom is 0.264 e. The number of thioether (sulfide) groups is 1. The number of carbonyl (C=O) groups excluding carboxylic acids is 1. The minimum atomic E-state index is -4.05. The molecule has 3 aromatic carbocycles. The number of sulfonamides is 1. The number of halogens is 1. The molecule has 4 rings (SSSR count). The third-order valence-electron chi connectivity index (χ3n) is 5.19. The first kappa shape index (κ1) is 26.2. The van der Waals surface area contributed by atoms with Crippen molar-refractivity contribution in [1.29, 1.82) is 0 Å². The highest BCUT2D eigenvalue weighted by Crippen LogP contribution is 2.31. The minimum Gasteiger partial charge on any atom is -0.299 e. The Hall–Kier alpha value is -2.92. The molecule has 0 aliphatic carbocycles. The standard InChI is InChI=1S/C25H23ClN4O3S3/c1-17-8-12-21(13-9-17)36(32,33)30(22-14-20(26)11-10-18(22)2)15-23(31)27-24-28-29-25(35-24)34-16-19-6-4-3-5-7-19/h3-14H,15-16H2,1-2H3,(H,27,28,31). The molecule has 1 N–H and O–H groups in total. The number of hydrogen-bond donors (Lipinski definition) is 1. The van der Waals surface area contributed by atoms with Crippen molar-refractivity contribution in [3.05, 3.63) is 94.5 Å². The van der Waals surface area contributed by atoms with Crippen LogP contribution in [0.15, 0.2) is 82.0 Å². The lowest BCUT2D eigenvalue weighted by molar-refractivity contribution is -0.114. The number of aromatic nitrogens is 2. The molecule has 0 unspecified atom stereocenters. The number of carbonyl (C=O) groups is 1. The second kappa shape index (κ2) is 11.4. The predicted molar refractivity (Wildman–Crippen MR) is 146 cm³/mol. The minimum absolute atomic E-state index is 0.0794. The molecule has 0 aliphatic rings. The lowest BCUT2D eigenvalue weighted by Crippen LogP contribution is -2.38. The maximum atomic E-state index is 13.6. The molecule has 1 amide bonds. The SMILES string of the molecule is Cc1ccc(S(=O)(=O)N(CC(=O)Nc2nnc(SCc3ccccc3)s2)c2cc(Cl)ccc2C)cc1. The van der Waals surface area contributed by atoms with Gasteiger partial charge in [0.25, 0.3) is 10.0 Å². The van der Waals surface area contributed by atoms with Gasteiger partial charge in [-0.1, -0.05) is 88.8 Å². The third-order valence-corrected chi connectivity index (χ3v) is 9.25. The summed E-state index contributed by atoms with van der Waals surface area (Å²) in [6.07, 6.45) is 0. The normalized spacial score (nSPS) is 11.3. The molecule has 1 heterocycles. The van der Waals surface area contributed by atoms with Crippen LogP contribution in [0, 0.1) is 13.8 Å². The van der Waals surface area contributed by atoms with Crippen LogP contribution in [0.2, 0.25) is 5.02 Å². The van der Waals surface area contributed by atoms with Crippen molar-refractivity contribution in [2.24, 2.45) is 0 Å². The number of benzene rings is 3. The van der Waals surface area contributed by atoms with E-state index in [1.165, 1.54) is 35.2 Å². The molecule has 4 aromatic rings. The molecule has 7 nitrogen and oxygen atoms in total. The summed E-state index contributed by atoms with van der Waals surface area (Å²) in [6.45, 7) is 3.18. The third kappa shape index (κ3) is 6.44. The maximum absolute atomic E-state index is 13.6. The van der Waals surface area contributed by atoms with Crippen LogP contribution in [0.1, 0.15) is 16.7 Å². The summed E-state index contributed by atoms with van der Waals surface area (Å²) in [5.41, 5.74) is 3.07. The molecule has 0 bridgehead atoms. The largest absolute Gasteiger partial charge is 0.299 e. The van der Waals surface area contributed by atoms with E-state index in [1.54, 1.807) is 37.3 Å². The second-order valence-electron chi connectivity index (χ2n) is 7.95. The van der Waals surface area contributed by atoms with E-state index >= 15 is 0 Å². The predicted octanol–water partition coefficient (Wildman–Crippen LogP) is 5.93. The smallest absolute Gasteiger partial charge is 0.264 e. The van der Waals surface area contributed by atoms with Crippen molar-refractivity contribution < 1.29 is 13.2 Å². The van der Waals surface area contributed by atoms with Crippen LogP contribution in [0.4, 0.5) is 10.8 Å². The van der Waals surface area contributed by atoms with Crippen molar-refractivity contribution in [2.45, 2.75) is 28.8 Å². The van der Waals surface area contributed by atoms with E-state index in [9.17, 15) is 13.2 Å². The van der Waals surface area contributed by atoms with Gasteiger partial charge in [0.2, 0.25) is 11.0 Å². The molecule has 0 saturated carbocycles. The Bertz CT molecular complexity index is 1460. The zero-order valence-corrected chi connectivity index (χ0v) is 22.7. The Morgan fingerprint density at radius 1 is 1.03 bits per heavy atom. The number of nitrogens with zero attached hydrogens (tertiary/aromatic N) is 3. The molecule has 186 valence electrons. The van der Waals surface area contributed by atoms with E-state index in [0.29, 0.717) is 25.7 Å². The average molecular weight is 559 g/mol. The summed E-state index contributed by atoms with van der Waals surface area (Å²) >= 11 is 8.93. The molecule has 0 fully saturated rings. The van der Waals surface area contributed by atoms with Crippen molar-refractivity contribution in [1.82, 2.24) is 10.2 Å². The lowest BCUT2D eigenvalue weighted by atomic mass is 10.2. The van der Waals surface area contributed by atoms with Gasteiger partial charge in [0.1, 0.15) is 6.54 Å². The highest BCUT2D eigenvalue weighted by molar-refractivity contribution is 8.00. The number of aryl methyl sites for hydroxylation is 2. The first-order valence-corrected chi connectivity index (χ1v) is 14.5. The van der Waals surface area contributed by atoms with Crippen molar-refractivity contribution in [3.8, 4) is 0 Å². The number of amides is 1. The van der Waals surface area contributed by atoms with E-state index in [4.69, 9.17) is 11.6 Å². The van der Waals surface area contributed by atoms with Crippen LogP contribution in [-0.4, -0.2) is 31.1 Å². The highest BCUT2D eigenvalue weighted by atomic mass is 35.5. The Kier molecular flexibility index (Phi) is 8.30. The average Bonchev–Trinajstić information content (AvgIpc) is 3.31. The molecule has 0 radical (unpaired) electrons. The van der Waals surface area contributed by atoms with E-state index in [1.807, 2.05) is 37.3 Å². The van der Waals surface area contributed by atoms with Gasteiger partial charge in [-0.3, -0.25) is 14.4 Å². The molecular formula is C25H23ClN4O3S3. The lowest BCUT2D eigenvalue weighted by Gasteiger charge is -2.25. The van der Waals surface area contributed by atoms with Crippen molar-refractivity contribution in [3.63, 3.8) is 0 Å². The van der Waals surface area contributed by atoms with Crippen LogP contribution >= 0.6 is 34.7 Å². The van der Waals surface area contributed by atoms with Gasteiger partial charge in [0.05, 0.1) is 10.6 Å². The molecule has 0 spiro atoms. The molecule has 0 saturated heterocycles. The van der Waals surface area contributed by atoms with Crippen LogP contribution in [0.3, 0.4) is 0 Å². The zero-order valence-electron chi connectivity index (χ0n) is 19.5. The quantitative estimate of drug-likeness (QED) is 0.202. The molecule has 11 heteroatoms. The van der Waals surface area contributed by atoms with E-state index in [0.717, 1.165) is 21.2 Å². The Balaban J connectivity index is 1.53. The molecule has 36 heavy (non-hydrogen) atoms. The van der Waals surface area contributed by atoms with Gasteiger partial charge in [-0.15, -0.1) is 10.2 Å². The molecular weight excluding hydrogens is 536 g/mol. The van der Waals surface area contributed by atoms with Crippen LogP contribution in [-0.2, 0) is 20.6 Å². The van der Waals surface area contributed by atoms with Gasteiger partial charge < -0.3 is 0 Å². The highest BCUT2D eigenvalue weighted by Gasteiger charge is 2.29. The van der Waals surface area contributed by atoms with E-state index < -0.39 is 22.5 Å². The fourth-order valence-electron chi connectivity index (χ4n) is 3.32. The number of nitrogens with one attached hydrogen (secondary N) is 1. The summed E-state index contributed by atoms with van der Waals surface area (Å²) in [6, 6.07) is 21.4. The zero-order chi connectivity index (χ0) is 25.7. The molecule has 1 aromatic heterocycles. The molecule has 0 aliphatic heterocycles. The van der Waals surface area contributed by atoms with Gasteiger partial charge in [-0.05, 0) is 49.2 Å². The first-order valence-electron chi connectivity index (χ1n) is 10.9. The molecule has 0 atom stereocenters. The summed E-state index contributed by atoms with van der Waals surface area (Å²) in [4.78, 5) is 13.1. The van der Waals surface area contributed by atoms with Crippen LogP contribution in [0.25, 0.3) is 0 Å². The fourth-order valence-corrected chi connectivity index (χ4v) is 6.68. The number of hydrogen-bond acceptors (Lipinski definition) is 7. The van der Waals surface area contributed by atoms with Crippen LogP contribution < -0.4 is 9.62 Å². The Labute approximate surface area is 223 Å². The van der Waals surface area contributed by atoms with Gasteiger partial charge in [-0.25, -0.2) is 8.42 Å². The first-order chi connectivity index (χ1) is 17.2. The number of anilines is 2. The summed E-state index contributed by atoms with van der Waals surface area (Å²) < 4.78 is 29.0. The summed E-state index contributed by atoms with van der Waals surface area (Å²) in [7, 11) is -4.05. The van der Waals surface area contributed by atoms with Gasteiger partial charge >= 0.3 is 0 Å². The fraction of sp³-hybridized carbons (Fsp3) is 0.160. The van der Waals surface area contributed by atoms with Gasteiger partial charge in [0, 0.05) is 10.8 Å². The second-order valence-corrected chi connectivity index (χ2v) is 12.4. The van der Waals surface area contributed by atoms with E-state index in [-0.39, 0.29) is 4.90 Å². The van der Waals surface area contributed by atoms with Crippen LogP contribution in [0.5, 0.6) is 0 Å². The topological polar surface area (TPSA) is 92.3 Å². The summed E-state index contributed by atoms with van der Waals surface area (Å²) in [5, 5.41) is 11.5. The Morgan fingerprint density at radius 2 is 1.75 bits per heavy atom. The van der Waals surface area contributed by atoms with Gasteiger partial charge in [0.15, 0.2) is 4.34 Å². The van der Waals surface area contributed by atoms with Crippen molar-refractivity contribution >= 4 is 61.4 Å². The summed E-state index contributed by atoms with van der Waals surface area (Å²) in [5.74, 6) is 0.181. The number of rotatable bonds is 9. The van der Waals surface area contributed by atoms with Crippen molar-refractivity contribution in [2.75, 3.05) is 16.2 Å².